The van der Waals surface area contributed by atoms with Gasteiger partial charge in [0.15, 0.2) is 0 Å². The Hall–Kier alpha value is -2.79. The second kappa shape index (κ2) is 7.45. The van der Waals surface area contributed by atoms with E-state index in [-0.39, 0.29) is 5.91 Å². The molecule has 1 aliphatic heterocycles. The van der Waals surface area contributed by atoms with Crippen molar-refractivity contribution in [2.45, 2.75) is 25.4 Å². The van der Waals surface area contributed by atoms with Crippen LogP contribution < -0.4 is 5.32 Å². The van der Waals surface area contributed by atoms with Crippen LogP contribution in [0.4, 0.5) is 5.82 Å². The van der Waals surface area contributed by atoms with Crippen molar-refractivity contribution < 1.29 is 4.79 Å². The van der Waals surface area contributed by atoms with Crippen LogP contribution in [0.1, 0.15) is 27.9 Å². The SMILES string of the molecule is Cc1cccc(-n2nc3c(c2NC(=O)/C=C/c2ccccc2)CSC3)c1C. The molecule has 0 radical (unpaired) electrons. The monoisotopic (exact) mass is 375 g/mol. The molecule has 0 aliphatic carbocycles. The average molecular weight is 375 g/mol. The quantitative estimate of drug-likeness (QED) is 0.661. The highest BCUT2D eigenvalue weighted by atomic mass is 32.2. The lowest BCUT2D eigenvalue weighted by Gasteiger charge is -2.13. The lowest BCUT2D eigenvalue weighted by molar-refractivity contribution is -0.111. The van der Waals surface area contributed by atoms with Gasteiger partial charge in [-0.15, -0.1) is 0 Å². The topological polar surface area (TPSA) is 46.9 Å². The van der Waals surface area contributed by atoms with Gasteiger partial charge in [0.1, 0.15) is 5.82 Å². The fraction of sp³-hybridized carbons (Fsp3) is 0.182. The van der Waals surface area contributed by atoms with Crippen LogP contribution in [0.5, 0.6) is 0 Å². The lowest BCUT2D eigenvalue weighted by Crippen LogP contribution is -2.14. The summed E-state index contributed by atoms with van der Waals surface area (Å²) in [7, 11) is 0. The third-order valence-corrected chi connectivity index (χ3v) is 5.79. The van der Waals surface area contributed by atoms with E-state index >= 15 is 0 Å². The van der Waals surface area contributed by atoms with Crippen LogP contribution in [0, 0.1) is 13.8 Å². The summed E-state index contributed by atoms with van der Waals surface area (Å²) in [5, 5.41) is 7.86. The molecule has 4 rings (SSSR count). The predicted molar refractivity (Wildman–Crippen MR) is 112 cm³/mol. The number of aromatic nitrogens is 2. The summed E-state index contributed by atoms with van der Waals surface area (Å²) < 4.78 is 1.89. The molecular weight excluding hydrogens is 354 g/mol. The van der Waals surface area contributed by atoms with Crippen LogP contribution in [0.25, 0.3) is 11.8 Å². The largest absolute Gasteiger partial charge is 0.307 e. The molecule has 27 heavy (non-hydrogen) atoms. The summed E-state index contributed by atoms with van der Waals surface area (Å²) in [6.07, 6.45) is 3.40. The number of fused-ring (bicyclic) bond motifs is 1. The molecule has 5 heteroatoms. The standard InChI is InChI=1S/C22H21N3OS/c1-15-7-6-10-20(16(15)2)25-22(18-13-27-14-19(18)24-25)23-21(26)12-11-17-8-4-3-5-9-17/h3-12H,13-14H2,1-2H3,(H,23,26)/b12-11+. The first kappa shape index (κ1) is 17.6. The highest BCUT2D eigenvalue weighted by molar-refractivity contribution is 7.98. The summed E-state index contributed by atoms with van der Waals surface area (Å²) in [5.41, 5.74) is 6.57. The first-order valence-corrected chi connectivity index (χ1v) is 10.1. The van der Waals surface area contributed by atoms with E-state index in [0.29, 0.717) is 0 Å². The van der Waals surface area contributed by atoms with Gasteiger partial charge in [0, 0.05) is 23.1 Å². The fourth-order valence-corrected chi connectivity index (χ4v) is 4.21. The Kier molecular flexibility index (Phi) is 4.86. The minimum Gasteiger partial charge on any atom is -0.307 e. The van der Waals surface area contributed by atoms with E-state index in [4.69, 9.17) is 5.10 Å². The molecule has 2 aromatic carbocycles. The molecule has 2 heterocycles. The van der Waals surface area contributed by atoms with Crippen LogP contribution >= 0.6 is 11.8 Å². The van der Waals surface area contributed by atoms with E-state index in [9.17, 15) is 4.79 Å². The molecular formula is C22H21N3OS. The maximum absolute atomic E-state index is 12.6. The number of carbonyl (C=O) groups excluding carboxylic acids is 1. The van der Waals surface area contributed by atoms with Crippen LogP contribution in [-0.4, -0.2) is 15.7 Å². The van der Waals surface area contributed by atoms with Crippen molar-refractivity contribution in [3.8, 4) is 5.69 Å². The number of nitrogens with zero attached hydrogens (tertiary/aromatic N) is 2. The molecule has 1 aliphatic rings. The first-order chi connectivity index (χ1) is 13.1. The Morgan fingerprint density at radius 3 is 2.74 bits per heavy atom. The Labute approximate surface area is 163 Å². The van der Waals surface area contributed by atoms with Gasteiger partial charge in [-0.25, -0.2) is 4.68 Å². The molecule has 0 bridgehead atoms. The first-order valence-electron chi connectivity index (χ1n) is 8.92. The van der Waals surface area contributed by atoms with Crippen molar-refractivity contribution in [3.63, 3.8) is 0 Å². The van der Waals surface area contributed by atoms with Gasteiger partial charge >= 0.3 is 0 Å². The second-order valence-corrected chi connectivity index (χ2v) is 7.62. The number of hydrogen-bond donors (Lipinski definition) is 1. The van der Waals surface area contributed by atoms with Gasteiger partial charge in [0.25, 0.3) is 0 Å². The predicted octanol–water partition coefficient (Wildman–Crippen LogP) is 4.89. The van der Waals surface area contributed by atoms with E-state index < -0.39 is 0 Å². The molecule has 0 fully saturated rings. The summed E-state index contributed by atoms with van der Waals surface area (Å²) in [4.78, 5) is 12.6. The molecule has 3 aromatic rings. The van der Waals surface area contributed by atoms with Gasteiger partial charge in [-0.3, -0.25) is 4.79 Å². The van der Waals surface area contributed by atoms with Gasteiger partial charge in [-0.2, -0.15) is 16.9 Å². The smallest absolute Gasteiger partial charge is 0.249 e. The normalized spacial score (nSPS) is 13.1. The number of nitrogens with one attached hydrogen (secondary N) is 1. The van der Waals surface area contributed by atoms with Crippen molar-refractivity contribution in [2.75, 3.05) is 5.32 Å². The van der Waals surface area contributed by atoms with Crippen LogP contribution in [0.15, 0.2) is 54.6 Å². The zero-order chi connectivity index (χ0) is 18.8. The minimum absolute atomic E-state index is 0.148. The van der Waals surface area contributed by atoms with Gasteiger partial charge < -0.3 is 5.32 Å². The van der Waals surface area contributed by atoms with E-state index in [2.05, 4.69) is 25.2 Å². The van der Waals surface area contributed by atoms with Crippen molar-refractivity contribution in [1.29, 1.82) is 0 Å². The number of hydrogen-bond acceptors (Lipinski definition) is 3. The van der Waals surface area contributed by atoms with Crippen molar-refractivity contribution in [1.82, 2.24) is 9.78 Å². The molecule has 0 unspecified atom stereocenters. The van der Waals surface area contributed by atoms with Gasteiger partial charge in [0.2, 0.25) is 5.91 Å². The number of thioether (sulfide) groups is 1. The zero-order valence-electron chi connectivity index (χ0n) is 15.4. The highest BCUT2D eigenvalue weighted by Gasteiger charge is 2.25. The molecule has 1 amide bonds. The summed E-state index contributed by atoms with van der Waals surface area (Å²) in [6.45, 7) is 4.18. The van der Waals surface area contributed by atoms with Crippen molar-refractivity contribution in [2.24, 2.45) is 0 Å². The highest BCUT2D eigenvalue weighted by Crippen LogP contribution is 2.36. The molecule has 0 atom stereocenters. The van der Waals surface area contributed by atoms with E-state index in [1.165, 1.54) is 11.1 Å². The van der Waals surface area contributed by atoms with Gasteiger partial charge in [0.05, 0.1) is 11.4 Å². The summed E-state index contributed by atoms with van der Waals surface area (Å²) in [5.74, 6) is 2.39. The second-order valence-electron chi connectivity index (χ2n) is 6.63. The molecule has 136 valence electrons. The van der Waals surface area contributed by atoms with Gasteiger partial charge in [-0.1, -0.05) is 42.5 Å². The molecule has 0 saturated heterocycles. The number of benzene rings is 2. The molecule has 1 N–H and O–H groups in total. The number of rotatable bonds is 4. The summed E-state index contributed by atoms with van der Waals surface area (Å²) in [6, 6.07) is 16.0. The lowest BCUT2D eigenvalue weighted by atomic mass is 10.1. The van der Waals surface area contributed by atoms with Crippen LogP contribution in [0.2, 0.25) is 0 Å². The molecule has 1 aromatic heterocycles. The molecule has 0 spiro atoms. The number of amides is 1. The Bertz CT molecular complexity index is 1020. The number of aryl methyl sites for hydroxylation is 1. The molecule has 0 saturated carbocycles. The zero-order valence-corrected chi connectivity index (χ0v) is 16.2. The number of carbonyl (C=O) groups is 1. The van der Waals surface area contributed by atoms with Crippen molar-refractivity contribution in [3.05, 3.63) is 82.6 Å². The van der Waals surface area contributed by atoms with E-state index in [1.54, 1.807) is 6.08 Å². The Balaban J connectivity index is 1.67. The Morgan fingerprint density at radius 1 is 1.11 bits per heavy atom. The summed E-state index contributed by atoms with van der Waals surface area (Å²) >= 11 is 1.83. The third-order valence-electron chi connectivity index (χ3n) is 4.82. The molecule has 4 nitrogen and oxygen atoms in total. The van der Waals surface area contributed by atoms with E-state index in [1.807, 2.05) is 65.0 Å². The third kappa shape index (κ3) is 3.55. The van der Waals surface area contributed by atoms with Crippen LogP contribution in [-0.2, 0) is 16.3 Å². The minimum atomic E-state index is -0.148. The maximum atomic E-state index is 12.6. The average Bonchev–Trinajstić information content (AvgIpc) is 3.26. The van der Waals surface area contributed by atoms with Crippen LogP contribution in [0.3, 0.4) is 0 Å². The Morgan fingerprint density at radius 2 is 1.93 bits per heavy atom. The van der Waals surface area contributed by atoms with Gasteiger partial charge in [-0.05, 0) is 42.7 Å². The van der Waals surface area contributed by atoms with Crippen molar-refractivity contribution >= 4 is 29.6 Å². The number of anilines is 1. The maximum Gasteiger partial charge on any atom is 0.249 e. The van der Waals surface area contributed by atoms with E-state index in [0.717, 1.165) is 39.8 Å². The fourth-order valence-electron chi connectivity index (χ4n) is 3.18.